The van der Waals surface area contributed by atoms with E-state index in [-0.39, 0.29) is 11.7 Å². The Balaban J connectivity index is 2.28. The van der Waals surface area contributed by atoms with Crippen molar-refractivity contribution in [1.82, 2.24) is 4.57 Å². The lowest BCUT2D eigenvalue weighted by molar-refractivity contribution is -0.298. The van der Waals surface area contributed by atoms with Crippen LogP contribution in [0.2, 0.25) is 0 Å². The van der Waals surface area contributed by atoms with E-state index in [1.54, 1.807) is 6.07 Å². The van der Waals surface area contributed by atoms with Crippen LogP contribution in [0.5, 0.6) is 0 Å². The molecule has 1 aliphatic heterocycles. The molecule has 1 aromatic heterocycles. The van der Waals surface area contributed by atoms with E-state index in [9.17, 15) is 9.90 Å². The Morgan fingerprint density at radius 2 is 2.40 bits per heavy atom. The molecule has 0 saturated carbocycles. The Morgan fingerprint density at radius 1 is 1.65 bits per heavy atom. The molecule has 2 rings (SSSR count). The fourth-order valence-corrected chi connectivity index (χ4v) is 2.54. The van der Waals surface area contributed by atoms with Gasteiger partial charge in [-0.2, -0.15) is 5.26 Å². The summed E-state index contributed by atoms with van der Waals surface area (Å²) in [6, 6.07) is 3.52. The molecule has 5 nitrogen and oxygen atoms in total. The number of rotatable bonds is 4. The molecule has 1 aromatic rings. The molecule has 0 aromatic carbocycles. The van der Waals surface area contributed by atoms with E-state index in [1.165, 1.54) is 6.08 Å². The number of nitrogens with zero attached hydrogens (tertiary/aromatic N) is 2. The van der Waals surface area contributed by atoms with Crippen LogP contribution >= 0.6 is 0 Å². The second kappa shape index (κ2) is 5.93. The zero-order valence-corrected chi connectivity index (χ0v) is 11.7. The molecular formula is C15H17N2O3-. The summed E-state index contributed by atoms with van der Waals surface area (Å²) < 4.78 is 7.73. The van der Waals surface area contributed by atoms with Crippen LogP contribution in [-0.4, -0.2) is 23.2 Å². The molecule has 0 bridgehead atoms. The number of carboxylic acid groups (broad SMARTS) is 1. The standard InChI is InChI=1S/C15H18N2O3/c1-10-6-12(7-13(8-16)15(18)19)11(2)17(10)9-14-4-3-5-20-14/h6-7,14H,3-5,9H2,1-2H3,(H,18,19)/p-1/b13-7-/t14-/m0/s1. The summed E-state index contributed by atoms with van der Waals surface area (Å²) in [5.41, 5.74) is 2.34. The predicted molar refractivity (Wildman–Crippen MR) is 71.5 cm³/mol. The third-order valence-electron chi connectivity index (χ3n) is 3.66. The molecular weight excluding hydrogens is 256 g/mol. The smallest absolute Gasteiger partial charge is 0.101 e. The van der Waals surface area contributed by atoms with Crippen molar-refractivity contribution in [3.8, 4) is 6.07 Å². The highest BCUT2D eigenvalue weighted by Crippen LogP contribution is 2.21. The van der Waals surface area contributed by atoms with Gasteiger partial charge in [0.2, 0.25) is 0 Å². The number of carboxylic acids is 1. The van der Waals surface area contributed by atoms with Crippen molar-refractivity contribution in [3.63, 3.8) is 0 Å². The lowest BCUT2D eigenvalue weighted by atomic mass is 10.1. The number of hydrogen-bond acceptors (Lipinski definition) is 4. The van der Waals surface area contributed by atoms with Crippen molar-refractivity contribution in [2.24, 2.45) is 0 Å². The molecule has 2 heterocycles. The monoisotopic (exact) mass is 273 g/mol. The first kappa shape index (κ1) is 14.4. The van der Waals surface area contributed by atoms with Gasteiger partial charge < -0.3 is 19.2 Å². The summed E-state index contributed by atoms with van der Waals surface area (Å²) in [6.07, 6.45) is 3.71. The molecule has 1 aliphatic rings. The Hall–Kier alpha value is -2.06. The minimum atomic E-state index is -1.45. The maximum atomic E-state index is 10.8. The Labute approximate surface area is 118 Å². The van der Waals surface area contributed by atoms with Crippen LogP contribution in [-0.2, 0) is 16.1 Å². The number of carbonyl (C=O) groups excluding carboxylic acids is 1. The third-order valence-corrected chi connectivity index (χ3v) is 3.66. The highest BCUT2D eigenvalue weighted by Gasteiger charge is 2.18. The number of aryl methyl sites for hydroxylation is 1. The minimum absolute atomic E-state index is 0.216. The van der Waals surface area contributed by atoms with Gasteiger partial charge in [-0.05, 0) is 44.4 Å². The summed E-state index contributed by atoms with van der Waals surface area (Å²) in [4.78, 5) is 10.8. The number of carbonyl (C=O) groups is 1. The quantitative estimate of drug-likeness (QED) is 0.604. The lowest BCUT2D eigenvalue weighted by Crippen LogP contribution is -2.23. The van der Waals surface area contributed by atoms with Crippen LogP contribution in [0, 0.1) is 25.2 Å². The Kier molecular flexibility index (Phi) is 4.26. The largest absolute Gasteiger partial charge is 0.544 e. The van der Waals surface area contributed by atoms with E-state index in [4.69, 9.17) is 10.00 Å². The van der Waals surface area contributed by atoms with Gasteiger partial charge in [-0.1, -0.05) is 0 Å². The van der Waals surface area contributed by atoms with Gasteiger partial charge in [0.05, 0.1) is 17.6 Å². The van der Waals surface area contributed by atoms with Crippen molar-refractivity contribution in [3.05, 3.63) is 28.6 Å². The molecule has 0 unspecified atom stereocenters. The second-order valence-corrected chi connectivity index (χ2v) is 5.03. The molecule has 1 fully saturated rings. The van der Waals surface area contributed by atoms with Gasteiger partial charge in [-0.3, -0.25) is 0 Å². The van der Waals surface area contributed by atoms with Crippen LogP contribution in [0.25, 0.3) is 6.08 Å². The number of nitriles is 1. The van der Waals surface area contributed by atoms with Gasteiger partial charge >= 0.3 is 0 Å². The molecule has 0 aliphatic carbocycles. The van der Waals surface area contributed by atoms with E-state index >= 15 is 0 Å². The Bertz CT molecular complexity index is 587. The van der Waals surface area contributed by atoms with E-state index < -0.39 is 5.97 Å². The van der Waals surface area contributed by atoms with E-state index in [0.29, 0.717) is 0 Å². The molecule has 20 heavy (non-hydrogen) atoms. The maximum absolute atomic E-state index is 10.8. The predicted octanol–water partition coefficient (Wildman–Crippen LogP) is 0.941. The van der Waals surface area contributed by atoms with Gasteiger partial charge in [0.1, 0.15) is 6.07 Å². The number of ether oxygens (including phenoxy) is 1. The second-order valence-electron chi connectivity index (χ2n) is 5.03. The maximum Gasteiger partial charge on any atom is 0.101 e. The van der Waals surface area contributed by atoms with Crippen LogP contribution < -0.4 is 5.11 Å². The van der Waals surface area contributed by atoms with Gasteiger partial charge in [0.15, 0.2) is 0 Å². The molecule has 5 heteroatoms. The van der Waals surface area contributed by atoms with E-state index in [1.807, 2.05) is 19.9 Å². The highest BCUT2D eigenvalue weighted by molar-refractivity contribution is 5.95. The fourth-order valence-electron chi connectivity index (χ4n) is 2.54. The summed E-state index contributed by atoms with van der Waals surface area (Å²) in [5.74, 6) is -1.45. The molecule has 0 spiro atoms. The minimum Gasteiger partial charge on any atom is -0.544 e. The van der Waals surface area contributed by atoms with Crippen molar-refractivity contribution < 1.29 is 14.6 Å². The van der Waals surface area contributed by atoms with Crippen LogP contribution in [0.3, 0.4) is 0 Å². The third kappa shape index (κ3) is 2.91. The highest BCUT2D eigenvalue weighted by atomic mass is 16.5. The first-order valence-corrected chi connectivity index (χ1v) is 6.64. The SMILES string of the molecule is Cc1cc(/C=C(/C#N)C(=O)[O-])c(C)n1C[C@@H]1CCCO1. The lowest BCUT2D eigenvalue weighted by Gasteiger charge is -2.14. The zero-order valence-electron chi connectivity index (χ0n) is 11.7. The topological polar surface area (TPSA) is 78.1 Å². The molecule has 106 valence electrons. The summed E-state index contributed by atoms with van der Waals surface area (Å²) in [5, 5.41) is 19.6. The average Bonchev–Trinajstić information content (AvgIpc) is 3.00. The fraction of sp³-hybridized carbons (Fsp3) is 0.467. The summed E-state index contributed by atoms with van der Waals surface area (Å²) >= 11 is 0. The van der Waals surface area contributed by atoms with Gasteiger partial charge in [0.25, 0.3) is 0 Å². The molecule has 0 radical (unpaired) electrons. The zero-order chi connectivity index (χ0) is 14.7. The van der Waals surface area contributed by atoms with Crippen LogP contribution in [0.15, 0.2) is 11.6 Å². The van der Waals surface area contributed by atoms with Crippen LogP contribution in [0.4, 0.5) is 0 Å². The van der Waals surface area contributed by atoms with Crippen molar-refractivity contribution in [2.45, 2.75) is 39.3 Å². The van der Waals surface area contributed by atoms with Crippen molar-refractivity contribution in [2.75, 3.05) is 6.61 Å². The van der Waals surface area contributed by atoms with Gasteiger partial charge in [-0.25, -0.2) is 0 Å². The number of aromatic nitrogens is 1. The summed E-state index contributed by atoms with van der Waals surface area (Å²) in [6.45, 7) is 5.45. The van der Waals surface area contributed by atoms with Crippen LogP contribution in [0.1, 0.15) is 29.8 Å². The number of aliphatic carboxylic acids is 1. The molecule has 1 saturated heterocycles. The van der Waals surface area contributed by atoms with Gasteiger partial charge in [-0.15, -0.1) is 0 Å². The number of hydrogen-bond donors (Lipinski definition) is 0. The van der Waals surface area contributed by atoms with Gasteiger partial charge in [0, 0.05) is 24.5 Å². The average molecular weight is 273 g/mol. The normalized spacial score (nSPS) is 19.1. The first-order valence-electron chi connectivity index (χ1n) is 6.64. The summed E-state index contributed by atoms with van der Waals surface area (Å²) in [7, 11) is 0. The van der Waals surface area contributed by atoms with E-state index in [0.717, 1.165) is 42.9 Å². The van der Waals surface area contributed by atoms with E-state index in [2.05, 4.69) is 4.57 Å². The Morgan fingerprint density at radius 3 is 2.95 bits per heavy atom. The molecule has 0 N–H and O–H groups in total. The van der Waals surface area contributed by atoms with Crippen molar-refractivity contribution >= 4 is 12.0 Å². The first-order chi connectivity index (χ1) is 9.52. The molecule has 0 amide bonds. The molecule has 1 atom stereocenters. The van der Waals surface area contributed by atoms with Crippen molar-refractivity contribution in [1.29, 1.82) is 5.26 Å².